The van der Waals surface area contributed by atoms with Crippen molar-refractivity contribution in [1.29, 1.82) is 0 Å². The lowest BCUT2D eigenvalue weighted by Gasteiger charge is -2.13. The number of aliphatic hydroxyl groups is 1. The Kier molecular flexibility index (Phi) is 4.83. The van der Waals surface area contributed by atoms with Gasteiger partial charge in [-0.2, -0.15) is 0 Å². The van der Waals surface area contributed by atoms with Crippen LogP contribution in [0.25, 0.3) is 0 Å². The number of ether oxygens (including phenoxy) is 1. The molecule has 0 aliphatic rings. The van der Waals surface area contributed by atoms with Crippen molar-refractivity contribution in [2.24, 2.45) is 0 Å². The van der Waals surface area contributed by atoms with Gasteiger partial charge in [-0.05, 0) is 17.0 Å². The number of amides is 1. The number of nitrogens with zero attached hydrogens (tertiary/aromatic N) is 1. The van der Waals surface area contributed by atoms with Gasteiger partial charge in [0.05, 0.1) is 12.0 Å². The molecule has 0 aliphatic carbocycles. The van der Waals surface area contributed by atoms with Gasteiger partial charge in [-0.15, -0.1) is 11.3 Å². The lowest BCUT2D eigenvalue weighted by molar-refractivity contribution is 0.131. The Balaban J connectivity index is 2.61. The molecular formula is C11H13NO3S. The third kappa shape index (κ3) is 3.57. The summed E-state index contributed by atoms with van der Waals surface area (Å²) < 4.78 is 4.59. The molecule has 1 aromatic heterocycles. The van der Waals surface area contributed by atoms with Gasteiger partial charge >= 0.3 is 6.09 Å². The second kappa shape index (κ2) is 6.16. The normalized spacial score (nSPS) is 9.19. The van der Waals surface area contributed by atoms with Gasteiger partial charge in [-0.25, -0.2) is 4.79 Å². The Hall–Kier alpha value is -1.51. The minimum Gasteiger partial charge on any atom is -0.453 e. The maximum Gasteiger partial charge on any atom is 0.409 e. The van der Waals surface area contributed by atoms with Crippen LogP contribution in [0.15, 0.2) is 11.4 Å². The molecule has 0 saturated carbocycles. The van der Waals surface area contributed by atoms with Gasteiger partial charge in [0, 0.05) is 13.6 Å². The molecule has 0 aromatic carbocycles. The average molecular weight is 239 g/mol. The fraction of sp³-hybridized carbons (Fsp3) is 0.364. The third-order valence-electron chi connectivity index (χ3n) is 1.85. The van der Waals surface area contributed by atoms with Crippen LogP contribution in [0.5, 0.6) is 0 Å². The van der Waals surface area contributed by atoms with E-state index in [1.165, 1.54) is 23.3 Å². The van der Waals surface area contributed by atoms with Crippen LogP contribution in [0.3, 0.4) is 0 Å². The van der Waals surface area contributed by atoms with E-state index in [-0.39, 0.29) is 12.7 Å². The molecule has 1 heterocycles. The predicted molar refractivity (Wildman–Crippen MR) is 62.2 cm³/mol. The summed E-state index contributed by atoms with van der Waals surface area (Å²) in [6.45, 7) is 0.347. The Bertz CT molecular complexity index is 416. The van der Waals surface area contributed by atoms with Crippen molar-refractivity contribution in [3.05, 3.63) is 21.9 Å². The van der Waals surface area contributed by atoms with Gasteiger partial charge in [0.25, 0.3) is 0 Å². The second-order valence-corrected chi connectivity index (χ2v) is 4.02. The minimum atomic E-state index is -0.366. The second-order valence-electron chi connectivity index (χ2n) is 3.11. The van der Waals surface area contributed by atoms with E-state index in [4.69, 9.17) is 5.11 Å². The number of carbonyl (C=O) groups excluding carboxylic acids is 1. The summed E-state index contributed by atoms with van der Waals surface area (Å²) in [5.41, 5.74) is 1.00. The predicted octanol–water partition coefficient (Wildman–Crippen LogP) is 1.29. The molecule has 4 nitrogen and oxygen atoms in total. The summed E-state index contributed by atoms with van der Waals surface area (Å²) in [7, 11) is 3.02. The number of aliphatic hydroxyl groups excluding tert-OH is 1. The highest BCUT2D eigenvalue weighted by Crippen LogP contribution is 2.15. The Morgan fingerprint density at radius 3 is 3.06 bits per heavy atom. The van der Waals surface area contributed by atoms with E-state index in [1.807, 2.05) is 11.4 Å². The Labute approximate surface area is 98.5 Å². The molecule has 1 N–H and O–H groups in total. The molecule has 0 radical (unpaired) electrons. The quantitative estimate of drug-likeness (QED) is 0.791. The van der Waals surface area contributed by atoms with Crippen molar-refractivity contribution in [1.82, 2.24) is 4.90 Å². The fourth-order valence-corrected chi connectivity index (χ4v) is 1.92. The summed E-state index contributed by atoms with van der Waals surface area (Å²) >= 11 is 1.49. The lowest BCUT2D eigenvalue weighted by Crippen LogP contribution is -2.25. The van der Waals surface area contributed by atoms with E-state index in [0.717, 1.165) is 10.4 Å². The van der Waals surface area contributed by atoms with Crippen LogP contribution in [-0.4, -0.2) is 36.9 Å². The first kappa shape index (κ1) is 12.6. The molecule has 0 spiro atoms. The monoisotopic (exact) mass is 239 g/mol. The van der Waals surface area contributed by atoms with Crippen molar-refractivity contribution in [2.75, 3.05) is 20.8 Å². The molecule has 0 fully saturated rings. The van der Waals surface area contributed by atoms with Crippen LogP contribution in [0.4, 0.5) is 4.79 Å². The molecule has 1 rings (SSSR count). The number of hydrogen-bond donors (Lipinski definition) is 1. The largest absolute Gasteiger partial charge is 0.453 e. The summed E-state index contributed by atoms with van der Waals surface area (Å²) in [5.74, 6) is 5.39. The SMILES string of the molecule is COC(=O)N(C)Cc1csc(C#CCO)c1. The molecule has 1 amide bonds. The lowest BCUT2D eigenvalue weighted by atomic mass is 10.3. The summed E-state index contributed by atoms with van der Waals surface area (Å²) in [4.78, 5) is 13.5. The minimum absolute atomic E-state index is 0.144. The fourth-order valence-electron chi connectivity index (χ4n) is 1.14. The van der Waals surface area contributed by atoms with Crippen LogP contribution >= 0.6 is 11.3 Å². The number of methoxy groups -OCH3 is 1. The van der Waals surface area contributed by atoms with Crippen molar-refractivity contribution < 1.29 is 14.6 Å². The summed E-state index contributed by atoms with van der Waals surface area (Å²) in [6.07, 6.45) is -0.366. The highest BCUT2D eigenvalue weighted by atomic mass is 32.1. The van der Waals surface area contributed by atoms with E-state index in [0.29, 0.717) is 6.54 Å². The first-order valence-electron chi connectivity index (χ1n) is 4.63. The van der Waals surface area contributed by atoms with Crippen molar-refractivity contribution in [3.8, 4) is 11.8 Å². The van der Waals surface area contributed by atoms with E-state index in [9.17, 15) is 4.79 Å². The van der Waals surface area contributed by atoms with Gasteiger partial charge in [0.15, 0.2) is 0 Å². The molecule has 0 atom stereocenters. The first-order chi connectivity index (χ1) is 7.67. The van der Waals surface area contributed by atoms with Crippen LogP contribution in [0, 0.1) is 11.8 Å². The molecule has 5 heteroatoms. The molecule has 86 valence electrons. The van der Waals surface area contributed by atoms with Gasteiger partial charge < -0.3 is 14.7 Å². The van der Waals surface area contributed by atoms with E-state index < -0.39 is 0 Å². The third-order valence-corrected chi connectivity index (χ3v) is 2.74. The van der Waals surface area contributed by atoms with Gasteiger partial charge in [-0.3, -0.25) is 0 Å². The van der Waals surface area contributed by atoms with Crippen LogP contribution in [0.2, 0.25) is 0 Å². The highest BCUT2D eigenvalue weighted by molar-refractivity contribution is 7.10. The molecule has 0 bridgehead atoms. The number of hydrogen-bond acceptors (Lipinski definition) is 4. The first-order valence-corrected chi connectivity index (χ1v) is 5.51. The molecule has 0 unspecified atom stereocenters. The Morgan fingerprint density at radius 2 is 2.44 bits per heavy atom. The summed E-state index contributed by atoms with van der Waals surface area (Å²) in [6, 6.07) is 1.90. The van der Waals surface area contributed by atoms with Crippen molar-refractivity contribution in [2.45, 2.75) is 6.54 Å². The molecular weight excluding hydrogens is 226 g/mol. The standard InChI is InChI=1S/C11H13NO3S/c1-12(11(14)15-2)7-9-6-10(16-8-9)4-3-5-13/h6,8,13H,5,7H2,1-2H3. The number of rotatable bonds is 2. The molecule has 1 aromatic rings. The highest BCUT2D eigenvalue weighted by Gasteiger charge is 2.09. The Morgan fingerprint density at radius 1 is 1.69 bits per heavy atom. The van der Waals surface area contributed by atoms with Crippen molar-refractivity contribution >= 4 is 17.4 Å². The van der Waals surface area contributed by atoms with Gasteiger partial charge in [-0.1, -0.05) is 11.8 Å². The van der Waals surface area contributed by atoms with Crippen LogP contribution in [0.1, 0.15) is 10.4 Å². The number of thiophene rings is 1. The zero-order valence-electron chi connectivity index (χ0n) is 9.19. The average Bonchev–Trinajstić information content (AvgIpc) is 2.72. The zero-order valence-corrected chi connectivity index (χ0v) is 10.0. The van der Waals surface area contributed by atoms with Gasteiger partial charge in [0.1, 0.15) is 6.61 Å². The van der Waals surface area contributed by atoms with Gasteiger partial charge in [0.2, 0.25) is 0 Å². The topological polar surface area (TPSA) is 49.8 Å². The smallest absolute Gasteiger partial charge is 0.409 e. The zero-order chi connectivity index (χ0) is 12.0. The van der Waals surface area contributed by atoms with E-state index >= 15 is 0 Å². The van der Waals surface area contributed by atoms with E-state index in [2.05, 4.69) is 16.6 Å². The van der Waals surface area contributed by atoms with E-state index in [1.54, 1.807) is 7.05 Å². The maximum absolute atomic E-state index is 11.1. The molecule has 0 saturated heterocycles. The maximum atomic E-state index is 11.1. The van der Waals surface area contributed by atoms with Crippen molar-refractivity contribution in [3.63, 3.8) is 0 Å². The molecule has 0 aliphatic heterocycles. The summed E-state index contributed by atoms with van der Waals surface area (Å²) in [5, 5.41) is 10.5. The van der Waals surface area contributed by atoms with Crippen LogP contribution in [-0.2, 0) is 11.3 Å². The number of carbonyl (C=O) groups is 1. The molecule has 16 heavy (non-hydrogen) atoms. The van der Waals surface area contributed by atoms with Crippen LogP contribution < -0.4 is 0 Å².